The number of quaternary nitrogens is 1. The lowest BCUT2D eigenvalue weighted by Crippen LogP contribution is -2.37. The number of amides is 1. The number of hydroxylamine groups is 2. The zero-order chi connectivity index (χ0) is 8.60. The molecular weight excluding hydrogens is 156 g/mol. The number of para-hydroxylation sites is 2. The monoisotopic (exact) mass is 162 g/mol. The van der Waals surface area contributed by atoms with Crippen molar-refractivity contribution in [3.63, 3.8) is 0 Å². The van der Waals surface area contributed by atoms with E-state index >= 15 is 0 Å². The van der Waals surface area contributed by atoms with Crippen LogP contribution in [0, 0.1) is 5.21 Å². The molecule has 0 saturated heterocycles. The predicted molar refractivity (Wildman–Crippen MR) is 45.8 cm³/mol. The third-order valence-corrected chi connectivity index (χ3v) is 1.78. The molecule has 0 aliphatic carbocycles. The number of benzene rings is 1. The van der Waals surface area contributed by atoms with Gasteiger partial charge in [0.05, 0.1) is 0 Å². The Morgan fingerprint density at radius 3 is 2.92 bits per heavy atom. The average molecular weight is 162 g/mol. The molecule has 1 aliphatic heterocycles. The summed E-state index contributed by atoms with van der Waals surface area (Å²) in [6, 6.07) is 6.79. The van der Waals surface area contributed by atoms with Gasteiger partial charge in [-0.3, -0.25) is 0 Å². The first-order chi connectivity index (χ1) is 5.76. The topological polar surface area (TPSA) is 52.5 Å². The van der Waals surface area contributed by atoms with E-state index in [1.807, 2.05) is 0 Å². The minimum Gasteiger partial charge on any atom is -0.614 e. The van der Waals surface area contributed by atoms with Crippen LogP contribution in [0.1, 0.15) is 0 Å². The number of hydrogen-bond donors (Lipinski definition) is 0. The lowest BCUT2D eigenvalue weighted by atomic mass is 10.3. The summed E-state index contributed by atoms with van der Waals surface area (Å²) in [6.45, 7) is 0. The Bertz CT molecular complexity index is 362. The maximum atomic E-state index is 11.5. The minimum absolute atomic E-state index is 0.315. The quantitative estimate of drug-likeness (QED) is 0.355. The van der Waals surface area contributed by atoms with Crippen LogP contribution in [0.2, 0.25) is 0 Å². The van der Waals surface area contributed by atoms with E-state index in [-0.39, 0.29) is 0 Å². The van der Waals surface area contributed by atoms with E-state index in [0.717, 1.165) is 6.34 Å². The van der Waals surface area contributed by atoms with E-state index in [1.165, 1.54) is 0 Å². The van der Waals surface area contributed by atoms with Gasteiger partial charge in [0.1, 0.15) is 5.69 Å². The lowest BCUT2D eigenvalue weighted by molar-refractivity contribution is -0.112. The molecule has 0 fully saturated rings. The van der Waals surface area contributed by atoms with Crippen molar-refractivity contribution in [2.24, 2.45) is 4.99 Å². The van der Waals surface area contributed by atoms with Crippen molar-refractivity contribution in [1.29, 1.82) is 0 Å². The zero-order valence-corrected chi connectivity index (χ0v) is 6.18. The highest BCUT2D eigenvalue weighted by Gasteiger charge is 2.26. The van der Waals surface area contributed by atoms with Gasteiger partial charge >= 0.3 is 6.41 Å². The lowest BCUT2D eigenvalue weighted by Gasteiger charge is -2.25. The van der Waals surface area contributed by atoms with Gasteiger partial charge in [0.2, 0.25) is 6.34 Å². The Morgan fingerprint density at radius 1 is 1.42 bits per heavy atom. The molecule has 0 spiro atoms. The van der Waals surface area contributed by atoms with Crippen molar-refractivity contribution in [2.75, 3.05) is 0 Å². The summed E-state index contributed by atoms with van der Waals surface area (Å²) in [4.78, 5) is 14.3. The number of nitrogens with zero attached hydrogens (tertiary/aromatic N) is 2. The van der Waals surface area contributed by atoms with E-state index in [1.54, 1.807) is 24.3 Å². The summed E-state index contributed by atoms with van der Waals surface area (Å²) >= 11 is 0. The number of hydrogen-bond acceptors (Lipinski definition) is 3. The smallest absolute Gasteiger partial charge is 0.312 e. The van der Waals surface area contributed by atoms with Crippen LogP contribution in [-0.2, 0) is 4.79 Å². The van der Waals surface area contributed by atoms with Crippen LogP contribution in [0.3, 0.4) is 0 Å². The molecule has 4 nitrogen and oxygen atoms in total. The molecule has 1 atom stereocenters. The van der Waals surface area contributed by atoms with Crippen LogP contribution in [0.25, 0.3) is 0 Å². The molecule has 4 heteroatoms. The molecule has 0 radical (unpaired) electrons. The molecule has 0 bridgehead atoms. The van der Waals surface area contributed by atoms with Crippen molar-refractivity contribution >= 4 is 24.1 Å². The number of fused-ring (bicyclic) bond motifs is 1. The fraction of sp³-hybridized carbons (Fsp3) is 0. The molecule has 1 heterocycles. The first-order valence-electron chi connectivity index (χ1n) is 3.47. The Hall–Kier alpha value is -1.52. The number of aliphatic imine (C=N–C) groups is 1. The van der Waals surface area contributed by atoms with Gasteiger partial charge in [-0.1, -0.05) is 12.1 Å². The predicted octanol–water partition coefficient (Wildman–Crippen LogP) is 1.32. The molecule has 1 aliphatic rings. The van der Waals surface area contributed by atoms with Crippen molar-refractivity contribution in [3.05, 3.63) is 29.5 Å². The summed E-state index contributed by atoms with van der Waals surface area (Å²) < 4.78 is -1.10. The molecule has 60 valence electrons. The molecule has 0 N–H and O–H groups in total. The van der Waals surface area contributed by atoms with Gasteiger partial charge in [-0.2, -0.15) is 4.99 Å². The Labute approximate surface area is 68.9 Å². The minimum atomic E-state index is -1.10. The van der Waals surface area contributed by atoms with Gasteiger partial charge in [0, 0.05) is 6.07 Å². The molecule has 0 aromatic heterocycles. The highest BCUT2D eigenvalue weighted by molar-refractivity contribution is 6.00. The van der Waals surface area contributed by atoms with E-state index in [9.17, 15) is 10.0 Å². The molecule has 1 amide bonds. The summed E-state index contributed by atoms with van der Waals surface area (Å²) in [6.07, 6.45) is 1.40. The van der Waals surface area contributed by atoms with E-state index in [4.69, 9.17) is 0 Å². The third-order valence-electron chi connectivity index (χ3n) is 1.78. The normalized spacial score (nSPS) is 25.4. The standard InChI is InChI=1S/C8H6N2O2/c11-6-10(12)5-9-7-3-1-2-4-8(7)10/h1-6H. The number of rotatable bonds is 1. The zero-order valence-electron chi connectivity index (χ0n) is 6.18. The highest BCUT2D eigenvalue weighted by atomic mass is 16.6. The fourth-order valence-corrected chi connectivity index (χ4v) is 1.16. The van der Waals surface area contributed by atoms with Crippen LogP contribution in [-0.4, -0.2) is 12.7 Å². The maximum absolute atomic E-state index is 11.5. The van der Waals surface area contributed by atoms with E-state index in [2.05, 4.69) is 4.99 Å². The van der Waals surface area contributed by atoms with Crippen molar-refractivity contribution in [1.82, 2.24) is 4.65 Å². The van der Waals surface area contributed by atoms with E-state index in [0.29, 0.717) is 17.8 Å². The van der Waals surface area contributed by atoms with Crippen molar-refractivity contribution in [3.8, 4) is 0 Å². The van der Waals surface area contributed by atoms with Crippen LogP contribution in [0.5, 0.6) is 0 Å². The molecular formula is C8H6N2O2. The molecule has 1 aromatic rings. The van der Waals surface area contributed by atoms with Gasteiger partial charge in [0.15, 0.2) is 5.69 Å². The van der Waals surface area contributed by atoms with Crippen LogP contribution >= 0.6 is 0 Å². The van der Waals surface area contributed by atoms with Gasteiger partial charge in [-0.15, -0.1) is 0 Å². The molecule has 1 aromatic carbocycles. The number of carbonyl (C=O) groups excluding carboxylic acids is 1. The fourth-order valence-electron chi connectivity index (χ4n) is 1.16. The van der Waals surface area contributed by atoms with Crippen LogP contribution in [0.15, 0.2) is 29.3 Å². The van der Waals surface area contributed by atoms with Gasteiger partial charge in [0.25, 0.3) is 0 Å². The molecule has 12 heavy (non-hydrogen) atoms. The summed E-state index contributed by atoms with van der Waals surface area (Å²) in [5.41, 5.74) is 0.951. The first-order valence-corrected chi connectivity index (χ1v) is 3.47. The van der Waals surface area contributed by atoms with Gasteiger partial charge < -0.3 is 5.21 Å². The van der Waals surface area contributed by atoms with Crippen LogP contribution < -0.4 is 4.65 Å². The molecule has 0 saturated carbocycles. The summed E-state index contributed by atoms with van der Waals surface area (Å²) in [5.74, 6) is 0. The number of carbonyl (C=O) groups is 1. The Morgan fingerprint density at radius 2 is 2.17 bits per heavy atom. The van der Waals surface area contributed by atoms with E-state index < -0.39 is 4.65 Å². The second-order valence-corrected chi connectivity index (χ2v) is 2.55. The maximum Gasteiger partial charge on any atom is 0.312 e. The second-order valence-electron chi connectivity index (χ2n) is 2.55. The van der Waals surface area contributed by atoms with Crippen molar-refractivity contribution in [2.45, 2.75) is 0 Å². The van der Waals surface area contributed by atoms with Crippen molar-refractivity contribution < 1.29 is 4.79 Å². The average Bonchev–Trinajstić information content (AvgIpc) is 2.46. The van der Waals surface area contributed by atoms with Crippen LogP contribution in [0.4, 0.5) is 11.4 Å². The Balaban J connectivity index is 2.63. The molecule has 2 rings (SSSR count). The largest absolute Gasteiger partial charge is 0.614 e. The van der Waals surface area contributed by atoms with Gasteiger partial charge in [-0.25, -0.2) is 9.44 Å². The highest BCUT2D eigenvalue weighted by Crippen LogP contribution is 2.35. The van der Waals surface area contributed by atoms with Gasteiger partial charge in [-0.05, 0) is 6.07 Å². The SMILES string of the molecule is O=C[N+]1([O-])C=Nc2ccccc21. The summed E-state index contributed by atoms with van der Waals surface area (Å²) in [7, 11) is 0. The summed E-state index contributed by atoms with van der Waals surface area (Å²) in [5, 5.41) is 11.5. The third kappa shape index (κ3) is 0.792. The Kier molecular flexibility index (Phi) is 1.33. The second kappa shape index (κ2) is 2.23. The molecule has 1 unspecified atom stereocenters. The first kappa shape index (κ1) is 7.15.